The lowest BCUT2D eigenvalue weighted by Crippen LogP contribution is -2.73. The quantitative estimate of drug-likeness (QED) is 0.628. The Balaban J connectivity index is 1.87. The van der Waals surface area contributed by atoms with Crippen LogP contribution in [0.15, 0.2) is 0 Å². The van der Waals surface area contributed by atoms with Gasteiger partial charge in [-0.15, -0.1) is 0 Å². The van der Waals surface area contributed by atoms with E-state index < -0.39 is 0 Å². The largest absolute Gasteiger partial charge is 0.475 e. The maximum Gasteiger partial charge on any atom is 0.475 e. The first-order valence-electron chi connectivity index (χ1n) is 6.23. The molecule has 4 nitrogen and oxygen atoms in total. The number of hydrogen-bond acceptors (Lipinski definition) is 4. The first kappa shape index (κ1) is 11.0. The van der Waals surface area contributed by atoms with Crippen LogP contribution in [0, 0.1) is 11.8 Å². The second-order valence-corrected chi connectivity index (χ2v) is 6.24. The van der Waals surface area contributed by atoms with Crippen LogP contribution in [0.2, 0.25) is 0 Å². The van der Waals surface area contributed by atoms with Crippen molar-refractivity contribution in [1.29, 1.82) is 0 Å². The van der Waals surface area contributed by atoms with Gasteiger partial charge < -0.3 is 20.8 Å². The second kappa shape index (κ2) is 3.02. The van der Waals surface area contributed by atoms with Gasteiger partial charge in [-0.2, -0.15) is 0 Å². The Morgan fingerprint density at radius 2 is 2.06 bits per heavy atom. The summed E-state index contributed by atoms with van der Waals surface area (Å²) in [5.74, 6) is 0.919. The molecule has 1 aliphatic heterocycles. The third kappa shape index (κ3) is 1.15. The predicted molar refractivity (Wildman–Crippen MR) is 62.6 cm³/mol. The van der Waals surface area contributed by atoms with Crippen molar-refractivity contribution in [2.75, 3.05) is 0 Å². The first-order valence-corrected chi connectivity index (χ1v) is 6.23. The van der Waals surface area contributed by atoms with E-state index in [0.29, 0.717) is 11.8 Å². The Morgan fingerprint density at radius 3 is 2.62 bits per heavy atom. The summed E-state index contributed by atoms with van der Waals surface area (Å²) in [5, 5.41) is 0. The molecule has 6 unspecified atom stereocenters. The van der Waals surface area contributed by atoms with Gasteiger partial charge in [0.05, 0.1) is 11.7 Å². The SMILES string of the molecule is CC(N)B1OC2CC3CC(C3(C)N)C2(C)O1. The van der Waals surface area contributed by atoms with E-state index >= 15 is 0 Å². The summed E-state index contributed by atoms with van der Waals surface area (Å²) in [6, 6.07) is 0. The predicted octanol–water partition coefficient (Wildman–Crippen LogP) is 0.292. The van der Waals surface area contributed by atoms with Crippen LogP contribution >= 0.6 is 0 Å². The highest BCUT2D eigenvalue weighted by atomic mass is 16.7. The molecule has 1 saturated heterocycles. The van der Waals surface area contributed by atoms with Crippen LogP contribution in [0.3, 0.4) is 0 Å². The van der Waals surface area contributed by atoms with Gasteiger partial charge in [-0.3, -0.25) is 0 Å². The Bertz CT molecular complexity index is 323. The number of rotatable bonds is 1. The van der Waals surface area contributed by atoms with Crippen molar-refractivity contribution in [3.05, 3.63) is 0 Å². The van der Waals surface area contributed by atoms with Gasteiger partial charge in [-0.05, 0) is 32.6 Å². The Hall–Kier alpha value is -0.0951. The Kier molecular flexibility index (Phi) is 2.08. The second-order valence-electron chi connectivity index (χ2n) is 6.24. The molecule has 4 rings (SSSR count). The molecule has 90 valence electrons. The molecule has 0 radical (unpaired) electrons. The molecule has 0 spiro atoms. The maximum atomic E-state index is 6.37. The highest BCUT2D eigenvalue weighted by molar-refractivity contribution is 6.47. The average Bonchev–Trinajstić information content (AvgIpc) is 2.54. The molecule has 2 bridgehead atoms. The molecule has 5 heteroatoms. The molecular formula is C11H21BN2O2. The Labute approximate surface area is 97.2 Å². The maximum absolute atomic E-state index is 6.37. The van der Waals surface area contributed by atoms with E-state index in [1.54, 1.807) is 0 Å². The molecule has 16 heavy (non-hydrogen) atoms. The molecule has 6 atom stereocenters. The first-order chi connectivity index (χ1) is 7.35. The smallest absolute Gasteiger partial charge is 0.404 e. The molecule has 3 saturated carbocycles. The van der Waals surface area contributed by atoms with Crippen molar-refractivity contribution in [2.24, 2.45) is 23.3 Å². The van der Waals surface area contributed by atoms with Crippen LogP contribution in [-0.4, -0.2) is 30.3 Å². The molecule has 1 heterocycles. The summed E-state index contributed by atoms with van der Waals surface area (Å²) in [5.41, 5.74) is 11.9. The van der Waals surface area contributed by atoms with Crippen molar-refractivity contribution in [2.45, 2.75) is 56.8 Å². The van der Waals surface area contributed by atoms with Crippen LogP contribution in [0.1, 0.15) is 33.6 Å². The summed E-state index contributed by atoms with van der Waals surface area (Å²) >= 11 is 0. The lowest BCUT2D eigenvalue weighted by molar-refractivity contribution is -0.164. The minimum absolute atomic E-state index is 0.0799. The molecule has 0 aromatic carbocycles. The van der Waals surface area contributed by atoms with Crippen LogP contribution in [0.5, 0.6) is 0 Å². The number of nitrogens with two attached hydrogens (primary N) is 2. The summed E-state index contributed by atoms with van der Waals surface area (Å²) in [4.78, 5) is 0. The van der Waals surface area contributed by atoms with E-state index in [-0.39, 0.29) is 30.3 Å². The summed E-state index contributed by atoms with van der Waals surface area (Å²) in [6.45, 7) is 6.22. The zero-order valence-corrected chi connectivity index (χ0v) is 10.3. The molecule has 4 N–H and O–H groups in total. The Morgan fingerprint density at radius 1 is 1.38 bits per heavy atom. The lowest BCUT2D eigenvalue weighted by Gasteiger charge is -2.64. The monoisotopic (exact) mass is 224 g/mol. The van der Waals surface area contributed by atoms with Crippen molar-refractivity contribution in [3.63, 3.8) is 0 Å². The standard InChI is InChI=1S/C11H21BN2O2/c1-6(13)12-15-9-5-7-4-8(10(7,2)14)11(9,3)16-12/h6-9H,4-5,13-14H2,1-3H3. The zero-order chi connectivity index (χ0) is 11.7. The van der Waals surface area contributed by atoms with E-state index in [1.165, 1.54) is 6.42 Å². The van der Waals surface area contributed by atoms with Crippen molar-refractivity contribution in [3.8, 4) is 0 Å². The molecular weight excluding hydrogens is 203 g/mol. The zero-order valence-electron chi connectivity index (χ0n) is 10.3. The van der Waals surface area contributed by atoms with E-state index in [1.807, 2.05) is 6.92 Å². The fraction of sp³-hybridized carbons (Fsp3) is 1.00. The molecule has 0 aromatic rings. The van der Waals surface area contributed by atoms with E-state index in [2.05, 4.69) is 13.8 Å². The molecule has 4 fully saturated rings. The summed E-state index contributed by atoms with van der Waals surface area (Å²) in [6.07, 6.45) is 2.38. The highest BCUT2D eigenvalue weighted by Gasteiger charge is 2.68. The topological polar surface area (TPSA) is 70.5 Å². The fourth-order valence-electron chi connectivity index (χ4n) is 3.85. The molecule has 3 aliphatic carbocycles. The van der Waals surface area contributed by atoms with Gasteiger partial charge in [-0.1, -0.05) is 6.92 Å². The van der Waals surface area contributed by atoms with Gasteiger partial charge in [-0.25, -0.2) is 0 Å². The van der Waals surface area contributed by atoms with Crippen LogP contribution in [0.4, 0.5) is 0 Å². The van der Waals surface area contributed by atoms with E-state index in [9.17, 15) is 0 Å². The van der Waals surface area contributed by atoms with Gasteiger partial charge in [0.1, 0.15) is 0 Å². The van der Waals surface area contributed by atoms with E-state index in [4.69, 9.17) is 20.8 Å². The minimum atomic E-state index is -0.259. The van der Waals surface area contributed by atoms with Gasteiger partial charge >= 0.3 is 7.12 Å². The van der Waals surface area contributed by atoms with Gasteiger partial charge in [0, 0.05) is 17.4 Å². The van der Waals surface area contributed by atoms with Gasteiger partial charge in [0.15, 0.2) is 0 Å². The summed E-state index contributed by atoms with van der Waals surface area (Å²) < 4.78 is 12.0. The van der Waals surface area contributed by atoms with Gasteiger partial charge in [0.2, 0.25) is 0 Å². The minimum Gasteiger partial charge on any atom is -0.404 e. The third-order valence-corrected chi connectivity index (χ3v) is 5.08. The van der Waals surface area contributed by atoms with Crippen molar-refractivity contribution < 1.29 is 9.31 Å². The lowest BCUT2D eigenvalue weighted by atomic mass is 9.47. The third-order valence-electron chi connectivity index (χ3n) is 5.08. The highest BCUT2D eigenvalue weighted by Crippen LogP contribution is 2.60. The molecule has 0 aromatic heterocycles. The molecule has 0 amide bonds. The fourth-order valence-corrected chi connectivity index (χ4v) is 3.85. The van der Waals surface area contributed by atoms with E-state index in [0.717, 1.165) is 6.42 Å². The van der Waals surface area contributed by atoms with Crippen LogP contribution < -0.4 is 11.5 Å². The van der Waals surface area contributed by atoms with Crippen molar-refractivity contribution >= 4 is 7.12 Å². The summed E-state index contributed by atoms with van der Waals surface area (Å²) in [7, 11) is -0.259. The van der Waals surface area contributed by atoms with Crippen molar-refractivity contribution in [1.82, 2.24) is 0 Å². The number of hydrogen-bond donors (Lipinski definition) is 2. The van der Waals surface area contributed by atoms with Gasteiger partial charge in [0.25, 0.3) is 0 Å². The molecule has 4 aliphatic rings. The average molecular weight is 224 g/mol. The van der Waals surface area contributed by atoms with Crippen LogP contribution in [0.25, 0.3) is 0 Å². The normalized spacial score (nSPS) is 56.8. The van der Waals surface area contributed by atoms with Crippen LogP contribution in [-0.2, 0) is 9.31 Å².